The molecule has 0 unspecified atom stereocenters. The molecule has 0 spiro atoms. The van der Waals surface area contributed by atoms with Crippen molar-refractivity contribution in [2.75, 3.05) is 14.1 Å². The average Bonchev–Trinajstić information content (AvgIpc) is 2.18. The minimum absolute atomic E-state index is 0.110. The third-order valence-electron chi connectivity index (χ3n) is 2.12. The lowest BCUT2D eigenvalue weighted by molar-refractivity contribution is -0.127. The van der Waals surface area contributed by atoms with Crippen LogP contribution in [0.5, 0.6) is 0 Å². The SMILES string of the molecule is C=Cc1ccccc1CC(=O)N(C)C. The molecule has 1 amide bonds. The molecule has 2 heteroatoms. The first-order valence-corrected chi connectivity index (χ1v) is 4.55. The summed E-state index contributed by atoms with van der Waals surface area (Å²) in [5.74, 6) is 0.110. The Bertz CT molecular complexity index is 342. The van der Waals surface area contributed by atoms with Crippen molar-refractivity contribution in [3.8, 4) is 0 Å². The fourth-order valence-electron chi connectivity index (χ4n) is 1.22. The van der Waals surface area contributed by atoms with E-state index in [1.54, 1.807) is 25.1 Å². The van der Waals surface area contributed by atoms with Crippen molar-refractivity contribution in [2.45, 2.75) is 6.42 Å². The molecule has 1 aromatic carbocycles. The number of carbonyl (C=O) groups excluding carboxylic acids is 1. The van der Waals surface area contributed by atoms with Gasteiger partial charge in [-0.3, -0.25) is 4.79 Å². The van der Waals surface area contributed by atoms with Crippen LogP contribution in [0.25, 0.3) is 6.08 Å². The maximum atomic E-state index is 11.5. The maximum absolute atomic E-state index is 11.5. The second-order valence-electron chi connectivity index (χ2n) is 3.37. The van der Waals surface area contributed by atoms with Gasteiger partial charge in [0.2, 0.25) is 5.91 Å². The molecule has 0 heterocycles. The largest absolute Gasteiger partial charge is 0.349 e. The summed E-state index contributed by atoms with van der Waals surface area (Å²) in [4.78, 5) is 13.1. The van der Waals surface area contributed by atoms with Crippen LogP contribution in [0.2, 0.25) is 0 Å². The number of carbonyl (C=O) groups is 1. The Morgan fingerprint density at radius 3 is 2.64 bits per heavy atom. The molecule has 0 aliphatic heterocycles. The average molecular weight is 189 g/mol. The van der Waals surface area contributed by atoms with Gasteiger partial charge in [0.05, 0.1) is 6.42 Å². The van der Waals surface area contributed by atoms with Gasteiger partial charge in [0, 0.05) is 14.1 Å². The zero-order valence-electron chi connectivity index (χ0n) is 8.66. The van der Waals surface area contributed by atoms with Crippen molar-refractivity contribution < 1.29 is 4.79 Å². The molecule has 0 aliphatic carbocycles. The van der Waals surface area contributed by atoms with Crippen LogP contribution in [0.4, 0.5) is 0 Å². The second kappa shape index (κ2) is 4.61. The standard InChI is InChI=1S/C12H15NO/c1-4-10-7-5-6-8-11(10)9-12(14)13(2)3/h4-8H,1,9H2,2-3H3. The second-order valence-corrected chi connectivity index (χ2v) is 3.37. The van der Waals surface area contributed by atoms with Crippen molar-refractivity contribution in [3.63, 3.8) is 0 Å². The van der Waals surface area contributed by atoms with Crippen LogP contribution in [0.3, 0.4) is 0 Å². The predicted molar refractivity (Wildman–Crippen MR) is 58.9 cm³/mol. The van der Waals surface area contributed by atoms with Crippen molar-refractivity contribution in [3.05, 3.63) is 42.0 Å². The lowest BCUT2D eigenvalue weighted by Crippen LogP contribution is -2.23. The number of hydrogen-bond acceptors (Lipinski definition) is 1. The number of likely N-dealkylation sites (N-methyl/N-ethyl adjacent to an activating group) is 1. The number of nitrogens with zero attached hydrogens (tertiary/aromatic N) is 1. The highest BCUT2D eigenvalue weighted by molar-refractivity contribution is 5.79. The van der Waals surface area contributed by atoms with E-state index < -0.39 is 0 Å². The summed E-state index contributed by atoms with van der Waals surface area (Å²) in [7, 11) is 3.53. The van der Waals surface area contributed by atoms with Gasteiger partial charge in [-0.1, -0.05) is 36.9 Å². The normalized spacial score (nSPS) is 9.57. The molecule has 0 aliphatic rings. The Balaban J connectivity index is 2.85. The Hall–Kier alpha value is -1.57. The Morgan fingerprint density at radius 1 is 1.43 bits per heavy atom. The molecule has 0 saturated heterocycles. The molecular weight excluding hydrogens is 174 g/mol. The van der Waals surface area contributed by atoms with Gasteiger partial charge in [-0.2, -0.15) is 0 Å². The van der Waals surface area contributed by atoms with E-state index in [0.717, 1.165) is 11.1 Å². The van der Waals surface area contributed by atoms with Crippen molar-refractivity contribution in [1.82, 2.24) is 4.90 Å². The zero-order chi connectivity index (χ0) is 10.6. The predicted octanol–water partition coefficient (Wildman–Crippen LogP) is 1.96. The lowest BCUT2D eigenvalue weighted by atomic mass is 10.0. The summed E-state index contributed by atoms with van der Waals surface area (Å²) in [6, 6.07) is 7.80. The Labute approximate surface area is 84.9 Å². The minimum Gasteiger partial charge on any atom is -0.349 e. The minimum atomic E-state index is 0.110. The molecule has 0 atom stereocenters. The Kier molecular flexibility index (Phi) is 3.46. The Morgan fingerprint density at radius 2 is 2.07 bits per heavy atom. The van der Waals surface area contributed by atoms with Crippen LogP contribution >= 0.6 is 0 Å². The van der Waals surface area contributed by atoms with Gasteiger partial charge in [-0.25, -0.2) is 0 Å². The highest BCUT2D eigenvalue weighted by Gasteiger charge is 2.07. The first-order chi connectivity index (χ1) is 6.65. The maximum Gasteiger partial charge on any atom is 0.226 e. The molecule has 0 aromatic heterocycles. The molecule has 0 radical (unpaired) electrons. The smallest absolute Gasteiger partial charge is 0.226 e. The highest BCUT2D eigenvalue weighted by Crippen LogP contribution is 2.11. The summed E-state index contributed by atoms with van der Waals surface area (Å²) >= 11 is 0. The molecule has 14 heavy (non-hydrogen) atoms. The summed E-state index contributed by atoms with van der Waals surface area (Å²) in [5.41, 5.74) is 2.06. The van der Waals surface area contributed by atoms with Gasteiger partial charge in [0.1, 0.15) is 0 Å². The number of amides is 1. The van der Waals surface area contributed by atoms with Crippen LogP contribution < -0.4 is 0 Å². The van der Waals surface area contributed by atoms with E-state index in [-0.39, 0.29) is 5.91 Å². The molecule has 0 saturated carbocycles. The van der Waals surface area contributed by atoms with E-state index in [0.29, 0.717) is 6.42 Å². The highest BCUT2D eigenvalue weighted by atomic mass is 16.2. The quantitative estimate of drug-likeness (QED) is 0.711. The molecular formula is C12H15NO. The molecule has 74 valence electrons. The van der Waals surface area contributed by atoms with Gasteiger partial charge in [-0.05, 0) is 11.1 Å². The van der Waals surface area contributed by atoms with E-state index in [1.807, 2.05) is 24.3 Å². The van der Waals surface area contributed by atoms with Crippen molar-refractivity contribution in [2.24, 2.45) is 0 Å². The van der Waals surface area contributed by atoms with Gasteiger partial charge in [-0.15, -0.1) is 0 Å². The van der Waals surface area contributed by atoms with Crippen LogP contribution in [-0.4, -0.2) is 24.9 Å². The van der Waals surface area contributed by atoms with Gasteiger partial charge in [0.15, 0.2) is 0 Å². The third kappa shape index (κ3) is 2.46. The number of rotatable bonds is 3. The molecule has 0 fully saturated rings. The van der Waals surface area contributed by atoms with E-state index >= 15 is 0 Å². The van der Waals surface area contributed by atoms with Gasteiger partial charge in [0.25, 0.3) is 0 Å². The van der Waals surface area contributed by atoms with Crippen molar-refractivity contribution >= 4 is 12.0 Å². The monoisotopic (exact) mass is 189 g/mol. The molecule has 1 rings (SSSR count). The van der Waals surface area contributed by atoms with Gasteiger partial charge >= 0.3 is 0 Å². The fraction of sp³-hybridized carbons (Fsp3) is 0.250. The fourth-order valence-corrected chi connectivity index (χ4v) is 1.22. The number of hydrogen-bond donors (Lipinski definition) is 0. The topological polar surface area (TPSA) is 20.3 Å². The van der Waals surface area contributed by atoms with Crippen LogP contribution in [0, 0.1) is 0 Å². The van der Waals surface area contributed by atoms with E-state index in [9.17, 15) is 4.79 Å². The summed E-state index contributed by atoms with van der Waals surface area (Å²) in [6.45, 7) is 3.72. The molecule has 0 N–H and O–H groups in total. The molecule has 2 nitrogen and oxygen atoms in total. The zero-order valence-corrected chi connectivity index (χ0v) is 8.66. The van der Waals surface area contributed by atoms with Crippen molar-refractivity contribution in [1.29, 1.82) is 0 Å². The first-order valence-electron chi connectivity index (χ1n) is 4.55. The first kappa shape index (κ1) is 10.5. The summed E-state index contributed by atoms with van der Waals surface area (Å²) < 4.78 is 0. The summed E-state index contributed by atoms with van der Waals surface area (Å²) in [5, 5.41) is 0. The lowest BCUT2D eigenvalue weighted by Gasteiger charge is -2.11. The number of benzene rings is 1. The van der Waals surface area contributed by atoms with Crippen LogP contribution in [0.15, 0.2) is 30.8 Å². The molecule has 0 bridgehead atoms. The van der Waals surface area contributed by atoms with Gasteiger partial charge < -0.3 is 4.90 Å². The van der Waals surface area contributed by atoms with E-state index in [2.05, 4.69) is 6.58 Å². The third-order valence-corrected chi connectivity index (χ3v) is 2.12. The van der Waals surface area contributed by atoms with E-state index in [1.165, 1.54) is 0 Å². The van der Waals surface area contributed by atoms with Crippen LogP contribution in [0.1, 0.15) is 11.1 Å². The molecule has 1 aromatic rings. The summed E-state index contributed by atoms with van der Waals surface area (Å²) in [6.07, 6.45) is 2.22. The van der Waals surface area contributed by atoms with E-state index in [4.69, 9.17) is 0 Å². The van der Waals surface area contributed by atoms with Crippen LogP contribution in [-0.2, 0) is 11.2 Å².